The number of benzene rings is 1. The molecule has 1 aromatic carbocycles. The number of nitrogens with zero attached hydrogens (tertiary/aromatic N) is 1. The molecule has 1 unspecified atom stereocenters. The van der Waals surface area contributed by atoms with Crippen molar-refractivity contribution in [3.63, 3.8) is 0 Å². The molecule has 0 bridgehead atoms. The van der Waals surface area contributed by atoms with Crippen LogP contribution in [0.15, 0.2) is 30.3 Å². The highest BCUT2D eigenvalue weighted by Crippen LogP contribution is 2.23. The van der Waals surface area contributed by atoms with Gasteiger partial charge in [0, 0.05) is 5.56 Å². The van der Waals surface area contributed by atoms with Crippen LogP contribution < -0.4 is 0 Å². The summed E-state index contributed by atoms with van der Waals surface area (Å²) in [6.07, 6.45) is 0. The van der Waals surface area contributed by atoms with Crippen molar-refractivity contribution in [1.82, 2.24) is 0 Å². The number of hydrogen-bond donors (Lipinski definition) is 1. The predicted molar refractivity (Wildman–Crippen MR) is 58.9 cm³/mol. The van der Waals surface area contributed by atoms with Gasteiger partial charge in [-0.25, -0.2) is 0 Å². The molecule has 0 saturated carbocycles. The van der Waals surface area contributed by atoms with Gasteiger partial charge in [-0.15, -0.1) is 0 Å². The van der Waals surface area contributed by atoms with E-state index in [0.29, 0.717) is 6.04 Å². The van der Waals surface area contributed by atoms with E-state index < -0.39 is 0 Å². The molecule has 78 valence electrons. The Morgan fingerprint density at radius 1 is 1.21 bits per heavy atom. The fourth-order valence-corrected chi connectivity index (χ4v) is 1.59. The van der Waals surface area contributed by atoms with Crippen LogP contribution in [0, 0.1) is 0 Å². The summed E-state index contributed by atoms with van der Waals surface area (Å²) in [5.74, 6) is 0. The number of aliphatic hydroxyl groups excluding tert-OH is 1. The monoisotopic (exact) mass is 194 g/mol. The quantitative estimate of drug-likeness (QED) is 0.725. The van der Waals surface area contributed by atoms with Crippen molar-refractivity contribution in [2.24, 2.45) is 0 Å². The van der Waals surface area contributed by atoms with E-state index in [9.17, 15) is 0 Å². The van der Waals surface area contributed by atoms with E-state index in [4.69, 9.17) is 5.11 Å². The van der Waals surface area contributed by atoms with E-state index in [-0.39, 0.29) is 6.61 Å². The van der Waals surface area contributed by atoms with E-state index >= 15 is 0 Å². The number of aliphatic hydroxyl groups is 1. The minimum Gasteiger partial charge on any atom is -0.391 e. The summed E-state index contributed by atoms with van der Waals surface area (Å²) in [6.45, 7) is 3.23. The lowest BCUT2D eigenvalue weighted by Gasteiger charge is -2.35. The van der Waals surface area contributed by atoms with E-state index in [1.807, 2.05) is 6.07 Å². The van der Waals surface area contributed by atoms with E-state index in [2.05, 4.69) is 45.3 Å². The zero-order chi connectivity index (χ0) is 10.6. The van der Waals surface area contributed by atoms with Crippen molar-refractivity contribution in [1.29, 1.82) is 0 Å². The molecule has 0 aromatic heterocycles. The molecule has 0 amide bonds. The van der Waals surface area contributed by atoms with Gasteiger partial charge in [-0.3, -0.25) is 0 Å². The second-order valence-electron chi connectivity index (χ2n) is 4.31. The van der Waals surface area contributed by atoms with Crippen LogP contribution in [0.1, 0.15) is 18.5 Å². The lowest BCUT2D eigenvalue weighted by molar-refractivity contribution is -0.919. The van der Waals surface area contributed by atoms with E-state index in [1.54, 1.807) is 0 Å². The summed E-state index contributed by atoms with van der Waals surface area (Å²) < 4.78 is 0.820. The Morgan fingerprint density at radius 3 is 2.29 bits per heavy atom. The van der Waals surface area contributed by atoms with Crippen molar-refractivity contribution < 1.29 is 9.59 Å². The lowest BCUT2D eigenvalue weighted by Crippen LogP contribution is -2.43. The van der Waals surface area contributed by atoms with Crippen LogP contribution in [0.25, 0.3) is 0 Å². The van der Waals surface area contributed by atoms with Crippen LogP contribution >= 0.6 is 0 Å². The number of likely N-dealkylation sites (N-methyl/N-ethyl adjacent to an activating group) is 1. The third-order valence-corrected chi connectivity index (χ3v) is 3.01. The third-order valence-electron chi connectivity index (χ3n) is 3.01. The molecule has 0 spiro atoms. The van der Waals surface area contributed by atoms with Crippen LogP contribution in [0.4, 0.5) is 0 Å². The second-order valence-corrected chi connectivity index (χ2v) is 4.31. The Kier molecular flexibility index (Phi) is 3.67. The summed E-state index contributed by atoms with van der Waals surface area (Å²) >= 11 is 0. The number of rotatable bonds is 4. The lowest BCUT2D eigenvalue weighted by atomic mass is 10.1. The van der Waals surface area contributed by atoms with Crippen molar-refractivity contribution in [3.05, 3.63) is 35.9 Å². The van der Waals surface area contributed by atoms with Crippen LogP contribution in [0.5, 0.6) is 0 Å². The number of quaternary nitrogens is 1. The minimum atomic E-state index is 0.240. The van der Waals surface area contributed by atoms with E-state index in [0.717, 1.165) is 11.0 Å². The highest BCUT2D eigenvalue weighted by atomic mass is 16.3. The molecule has 0 aliphatic heterocycles. The molecule has 2 heteroatoms. The third kappa shape index (κ3) is 2.56. The SMILES string of the molecule is CC(c1ccccc1)[N+](C)(C)CCO. The van der Waals surface area contributed by atoms with Gasteiger partial charge in [0.15, 0.2) is 0 Å². The average Bonchev–Trinajstić information content (AvgIpc) is 2.18. The first-order valence-corrected chi connectivity index (χ1v) is 5.06. The maximum absolute atomic E-state index is 8.98. The maximum atomic E-state index is 8.98. The standard InChI is InChI=1S/C12H20NO/c1-11(13(2,3)9-10-14)12-7-5-4-6-8-12/h4-8,11,14H,9-10H2,1-3H3/q+1. The molecule has 0 radical (unpaired) electrons. The molecule has 1 N–H and O–H groups in total. The average molecular weight is 194 g/mol. The van der Waals surface area contributed by atoms with Gasteiger partial charge in [0.05, 0.1) is 20.7 Å². The molecule has 1 rings (SSSR count). The van der Waals surface area contributed by atoms with Crippen LogP contribution in [-0.2, 0) is 0 Å². The molecule has 0 saturated heterocycles. The van der Waals surface area contributed by atoms with Crippen LogP contribution in [-0.4, -0.2) is 36.8 Å². The van der Waals surface area contributed by atoms with Gasteiger partial charge in [-0.2, -0.15) is 0 Å². The summed E-state index contributed by atoms with van der Waals surface area (Å²) in [4.78, 5) is 0. The molecule has 2 nitrogen and oxygen atoms in total. The summed E-state index contributed by atoms with van der Waals surface area (Å²) in [5.41, 5.74) is 1.32. The van der Waals surface area contributed by atoms with Gasteiger partial charge in [0.1, 0.15) is 12.6 Å². The Labute approximate surface area is 86.4 Å². The molecule has 1 atom stereocenters. The van der Waals surface area contributed by atoms with Gasteiger partial charge >= 0.3 is 0 Å². The summed E-state index contributed by atoms with van der Waals surface area (Å²) in [5, 5.41) is 8.98. The summed E-state index contributed by atoms with van der Waals surface area (Å²) in [7, 11) is 4.29. The first kappa shape index (κ1) is 11.2. The minimum absolute atomic E-state index is 0.240. The fourth-order valence-electron chi connectivity index (χ4n) is 1.59. The largest absolute Gasteiger partial charge is 0.391 e. The Bertz CT molecular complexity index is 269. The second kappa shape index (κ2) is 4.58. The zero-order valence-corrected chi connectivity index (χ0v) is 9.27. The molecular weight excluding hydrogens is 174 g/mol. The molecule has 0 fully saturated rings. The molecule has 14 heavy (non-hydrogen) atoms. The molecular formula is C12H20NO+. The van der Waals surface area contributed by atoms with Crippen LogP contribution in [0.3, 0.4) is 0 Å². The first-order valence-electron chi connectivity index (χ1n) is 5.06. The van der Waals surface area contributed by atoms with Gasteiger partial charge < -0.3 is 9.59 Å². The van der Waals surface area contributed by atoms with E-state index in [1.165, 1.54) is 5.56 Å². The Morgan fingerprint density at radius 2 is 1.79 bits per heavy atom. The Balaban J connectivity index is 2.79. The topological polar surface area (TPSA) is 20.2 Å². The van der Waals surface area contributed by atoms with Gasteiger partial charge in [0.2, 0.25) is 0 Å². The predicted octanol–water partition coefficient (Wildman–Crippen LogP) is 1.82. The smallest absolute Gasteiger partial charge is 0.111 e. The molecule has 0 aliphatic rings. The highest BCUT2D eigenvalue weighted by Gasteiger charge is 2.24. The summed E-state index contributed by atoms with van der Waals surface area (Å²) in [6, 6.07) is 10.9. The van der Waals surface area contributed by atoms with Crippen molar-refractivity contribution in [3.8, 4) is 0 Å². The normalized spacial score (nSPS) is 14.0. The Hall–Kier alpha value is -0.860. The fraction of sp³-hybridized carbons (Fsp3) is 0.500. The van der Waals surface area contributed by atoms with Crippen LogP contribution in [0.2, 0.25) is 0 Å². The molecule has 0 heterocycles. The maximum Gasteiger partial charge on any atom is 0.111 e. The van der Waals surface area contributed by atoms with Gasteiger partial charge in [-0.05, 0) is 6.92 Å². The molecule has 1 aromatic rings. The van der Waals surface area contributed by atoms with Gasteiger partial charge in [0.25, 0.3) is 0 Å². The number of hydrogen-bond acceptors (Lipinski definition) is 1. The molecule has 0 aliphatic carbocycles. The van der Waals surface area contributed by atoms with Gasteiger partial charge in [-0.1, -0.05) is 30.3 Å². The van der Waals surface area contributed by atoms with Crippen molar-refractivity contribution in [2.75, 3.05) is 27.2 Å². The van der Waals surface area contributed by atoms with Crippen molar-refractivity contribution in [2.45, 2.75) is 13.0 Å². The zero-order valence-electron chi connectivity index (χ0n) is 9.27. The van der Waals surface area contributed by atoms with Crippen molar-refractivity contribution >= 4 is 0 Å². The first-order chi connectivity index (χ1) is 6.58. The highest BCUT2D eigenvalue weighted by molar-refractivity contribution is 5.16.